The molecule has 6 heteroatoms. The summed E-state index contributed by atoms with van der Waals surface area (Å²) in [5.74, 6) is 1.77. The summed E-state index contributed by atoms with van der Waals surface area (Å²) in [6, 6.07) is 11.0. The number of amides is 1. The van der Waals surface area contributed by atoms with Crippen LogP contribution in [0.3, 0.4) is 0 Å². The second-order valence-corrected chi connectivity index (χ2v) is 7.27. The number of piperidine rings is 1. The number of nitrogens with zero attached hydrogens (tertiary/aromatic N) is 4. The normalized spacial score (nSPS) is 14.9. The molecule has 2 aromatic heterocycles. The van der Waals surface area contributed by atoms with Crippen molar-refractivity contribution in [2.45, 2.75) is 31.7 Å². The molecular weight excluding hydrogens is 352 g/mol. The van der Waals surface area contributed by atoms with E-state index in [-0.39, 0.29) is 11.7 Å². The molecule has 4 rings (SSSR count). The van der Waals surface area contributed by atoms with Gasteiger partial charge in [0.25, 0.3) is 0 Å². The highest BCUT2D eigenvalue weighted by Crippen LogP contribution is 2.28. The van der Waals surface area contributed by atoms with E-state index in [1.54, 1.807) is 18.2 Å². The maximum atomic E-state index is 12.6. The Morgan fingerprint density at radius 1 is 1.07 bits per heavy atom. The number of likely N-dealkylation sites (tertiary alicyclic amines) is 1. The summed E-state index contributed by atoms with van der Waals surface area (Å²) in [7, 11) is 0. The molecule has 1 fully saturated rings. The molecule has 1 saturated heterocycles. The SMILES string of the molecule is O=C(Cc1cccc(O)c1)N1CCC(c2nccn2Cc2ccncc2)CC1. The van der Waals surface area contributed by atoms with Crippen molar-refractivity contribution in [1.82, 2.24) is 19.4 Å². The lowest BCUT2D eigenvalue weighted by atomic mass is 9.95. The molecule has 3 heterocycles. The largest absolute Gasteiger partial charge is 0.508 e. The maximum Gasteiger partial charge on any atom is 0.226 e. The van der Waals surface area contributed by atoms with Gasteiger partial charge in [-0.3, -0.25) is 9.78 Å². The van der Waals surface area contributed by atoms with Crippen molar-refractivity contribution in [1.29, 1.82) is 0 Å². The van der Waals surface area contributed by atoms with Gasteiger partial charge in [0, 0.05) is 50.3 Å². The lowest BCUT2D eigenvalue weighted by molar-refractivity contribution is -0.131. The van der Waals surface area contributed by atoms with Crippen LogP contribution in [-0.2, 0) is 17.8 Å². The third kappa shape index (κ3) is 4.22. The second kappa shape index (κ2) is 8.25. The Hall–Kier alpha value is -3.15. The predicted molar refractivity (Wildman–Crippen MR) is 106 cm³/mol. The van der Waals surface area contributed by atoms with Crippen LogP contribution in [-0.4, -0.2) is 43.5 Å². The van der Waals surface area contributed by atoms with Crippen LogP contribution in [0.4, 0.5) is 0 Å². The maximum absolute atomic E-state index is 12.6. The molecule has 1 aliphatic rings. The number of hydrogen-bond acceptors (Lipinski definition) is 4. The molecule has 0 unspecified atom stereocenters. The molecule has 1 amide bonds. The van der Waals surface area contributed by atoms with Gasteiger partial charge in [-0.05, 0) is 48.2 Å². The van der Waals surface area contributed by atoms with Gasteiger partial charge in [-0.25, -0.2) is 4.98 Å². The molecule has 1 aromatic carbocycles. The summed E-state index contributed by atoms with van der Waals surface area (Å²) in [4.78, 5) is 23.2. The van der Waals surface area contributed by atoms with E-state index in [1.807, 2.05) is 47.9 Å². The van der Waals surface area contributed by atoms with E-state index < -0.39 is 0 Å². The lowest BCUT2D eigenvalue weighted by Gasteiger charge is -2.32. The number of benzene rings is 1. The Kier molecular flexibility index (Phi) is 5.37. The summed E-state index contributed by atoms with van der Waals surface area (Å²) in [5.41, 5.74) is 2.05. The smallest absolute Gasteiger partial charge is 0.226 e. The van der Waals surface area contributed by atoms with Gasteiger partial charge in [0.05, 0.1) is 6.42 Å². The third-order valence-electron chi connectivity index (χ3n) is 5.33. The fourth-order valence-electron chi connectivity index (χ4n) is 3.84. The van der Waals surface area contributed by atoms with Crippen LogP contribution in [0.2, 0.25) is 0 Å². The number of rotatable bonds is 5. The van der Waals surface area contributed by atoms with Crippen molar-refractivity contribution in [3.05, 3.63) is 78.1 Å². The molecule has 0 spiro atoms. The number of hydrogen-bond donors (Lipinski definition) is 1. The van der Waals surface area contributed by atoms with Crippen molar-refractivity contribution in [2.24, 2.45) is 0 Å². The molecule has 0 radical (unpaired) electrons. The van der Waals surface area contributed by atoms with Gasteiger partial charge in [-0.2, -0.15) is 0 Å². The van der Waals surface area contributed by atoms with Crippen LogP contribution >= 0.6 is 0 Å². The van der Waals surface area contributed by atoms with Gasteiger partial charge >= 0.3 is 0 Å². The number of phenolic OH excluding ortho intramolecular Hbond substituents is 1. The molecule has 0 atom stereocenters. The first-order valence-corrected chi connectivity index (χ1v) is 9.64. The first kappa shape index (κ1) is 18.2. The highest BCUT2D eigenvalue weighted by atomic mass is 16.3. The minimum Gasteiger partial charge on any atom is -0.508 e. The summed E-state index contributed by atoms with van der Waals surface area (Å²) >= 11 is 0. The van der Waals surface area contributed by atoms with Gasteiger partial charge < -0.3 is 14.6 Å². The Morgan fingerprint density at radius 2 is 1.86 bits per heavy atom. The number of carbonyl (C=O) groups is 1. The molecule has 3 aromatic rings. The first-order valence-electron chi connectivity index (χ1n) is 9.64. The van der Waals surface area contributed by atoms with E-state index in [2.05, 4.69) is 14.5 Å². The Bertz CT molecular complexity index is 930. The average Bonchev–Trinajstić information content (AvgIpc) is 3.17. The van der Waals surface area contributed by atoms with Crippen molar-refractivity contribution in [2.75, 3.05) is 13.1 Å². The van der Waals surface area contributed by atoms with Gasteiger partial charge in [0.15, 0.2) is 0 Å². The summed E-state index contributed by atoms with van der Waals surface area (Å²) in [6.07, 6.45) is 9.66. The molecule has 1 N–H and O–H groups in total. The van der Waals surface area contributed by atoms with E-state index in [9.17, 15) is 9.90 Å². The van der Waals surface area contributed by atoms with Crippen LogP contribution in [0.5, 0.6) is 5.75 Å². The van der Waals surface area contributed by atoms with E-state index in [1.165, 1.54) is 5.56 Å². The van der Waals surface area contributed by atoms with E-state index >= 15 is 0 Å². The first-order chi connectivity index (χ1) is 13.7. The minimum atomic E-state index is 0.115. The number of aromatic hydroxyl groups is 1. The standard InChI is InChI=1S/C22H24N4O2/c27-20-3-1-2-18(14-20)15-21(28)25-11-6-19(7-12-25)22-24-10-13-26(22)16-17-4-8-23-9-5-17/h1-5,8-10,13-14,19,27H,6-7,11-12,15-16H2. The van der Waals surface area contributed by atoms with Crippen molar-refractivity contribution < 1.29 is 9.90 Å². The van der Waals surface area contributed by atoms with Gasteiger partial charge in [0.2, 0.25) is 5.91 Å². The van der Waals surface area contributed by atoms with Crippen LogP contribution < -0.4 is 0 Å². The lowest BCUT2D eigenvalue weighted by Crippen LogP contribution is -2.39. The van der Waals surface area contributed by atoms with Gasteiger partial charge in [-0.15, -0.1) is 0 Å². The second-order valence-electron chi connectivity index (χ2n) is 7.27. The zero-order valence-corrected chi connectivity index (χ0v) is 15.7. The highest BCUT2D eigenvalue weighted by Gasteiger charge is 2.26. The van der Waals surface area contributed by atoms with Crippen LogP contribution in [0.25, 0.3) is 0 Å². The Labute approximate surface area is 164 Å². The number of pyridine rings is 1. The molecule has 0 saturated carbocycles. The van der Waals surface area contributed by atoms with Crippen LogP contribution in [0.1, 0.15) is 35.7 Å². The summed E-state index contributed by atoms with van der Waals surface area (Å²) in [5, 5.41) is 9.57. The third-order valence-corrected chi connectivity index (χ3v) is 5.33. The topological polar surface area (TPSA) is 71.2 Å². The Morgan fingerprint density at radius 3 is 2.61 bits per heavy atom. The number of carbonyl (C=O) groups excluding carboxylic acids is 1. The minimum absolute atomic E-state index is 0.115. The number of imidazole rings is 1. The summed E-state index contributed by atoms with van der Waals surface area (Å²) < 4.78 is 2.20. The molecule has 6 nitrogen and oxygen atoms in total. The van der Waals surface area contributed by atoms with Crippen molar-refractivity contribution in [3.63, 3.8) is 0 Å². The van der Waals surface area contributed by atoms with Crippen LogP contribution in [0.15, 0.2) is 61.2 Å². The highest BCUT2D eigenvalue weighted by molar-refractivity contribution is 5.79. The Balaban J connectivity index is 1.36. The van der Waals surface area contributed by atoms with Gasteiger partial charge in [-0.1, -0.05) is 12.1 Å². The van der Waals surface area contributed by atoms with Crippen molar-refractivity contribution in [3.8, 4) is 5.75 Å². The zero-order chi connectivity index (χ0) is 19.3. The predicted octanol–water partition coefficient (Wildman–Crippen LogP) is 2.98. The van der Waals surface area contributed by atoms with Crippen LogP contribution in [0, 0.1) is 0 Å². The number of phenols is 1. The number of aromatic nitrogens is 3. The fraction of sp³-hybridized carbons (Fsp3) is 0.318. The molecule has 0 aliphatic carbocycles. The quantitative estimate of drug-likeness (QED) is 0.743. The van der Waals surface area contributed by atoms with E-state index in [0.29, 0.717) is 12.3 Å². The molecular formula is C22H24N4O2. The monoisotopic (exact) mass is 376 g/mol. The fourth-order valence-corrected chi connectivity index (χ4v) is 3.84. The van der Waals surface area contributed by atoms with E-state index in [4.69, 9.17) is 0 Å². The van der Waals surface area contributed by atoms with E-state index in [0.717, 1.165) is 43.9 Å². The van der Waals surface area contributed by atoms with Gasteiger partial charge in [0.1, 0.15) is 11.6 Å². The zero-order valence-electron chi connectivity index (χ0n) is 15.7. The summed E-state index contributed by atoms with van der Waals surface area (Å²) in [6.45, 7) is 2.27. The average molecular weight is 376 g/mol. The molecule has 0 bridgehead atoms. The molecule has 144 valence electrons. The van der Waals surface area contributed by atoms with Crippen molar-refractivity contribution >= 4 is 5.91 Å². The molecule has 28 heavy (non-hydrogen) atoms. The molecule has 1 aliphatic heterocycles.